The summed E-state index contributed by atoms with van der Waals surface area (Å²) in [6, 6.07) is 19.2. The van der Waals surface area contributed by atoms with Crippen LogP contribution in [0.15, 0.2) is 60.7 Å². The minimum atomic E-state index is -1.14. The van der Waals surface area contributed by atoms with Crippen molar-refractivity contribution in [2.75, 3.05) is 13.6 Å². The molecule has 3 amide bonds. The van der Waals surface area contributed by atoms with E-state index in [1.54, 1.807) is 14.0 Å². The summed E-state index contributed by atoms with van der Waals surface area (Å²) in [5.74, 6) is -0.979. The lowest BCUT2D eigenvalue weighted by Gasteiger charge is -2.40. The Hall–Kier alpha value is -3.94. The number of aryl methyl sites for hydroxylation is 1. The highest BCUT2D eigenvalue weighted by atomic mass is 16.2. The molecule has 2 heterocycles. The van der Waals surface area contributed by atoms with Crippen molar-refractivity contribution < 1.29 is 14.4 Å². The molecule has 0 saturated heterocycles. The summed E-state index contributed by atoms with van der Waals surface area (Å²) in [6.07, 6.45) is 0.697. The lowest BCUT2D eigenvalue weighted by atomic mass is 9.96. The third kappa shape index (κ3) is 4.71. The molecule has 34 heavy (non-hydrogen) atoms. The molecule has 0 unspecified atom stereocenters. The molecule has 3 aromatic rings. The lowest BCUT2D eigenvalue weighted by Crippen LogP contribution is -2.62. The number of likely N-dealkylation sites (N-methyl/N-ethyl adjacent to an activating group) is 1. The van der Waals surface area contributed by atoms with Crippen LogP contribution in [0.25, 0.3) is 0 Å². The predicted molar refractivity (Wildman–Crippen MR) is 128 cm³/mol. The summed E-state index contributed by atoms with van der Waals surface area (Å²) in [7, 11) is 1.60. The van der Waals surface area contributed by atoms with Gasteiger partial charge in [-0.05, 0) is 31.4 Å². The molecule has 1 aliphatic rings. The lowest BCUT2D eigenvalue weighted by molar-refractivity contribution is -0.132. The Balaban J connectivity index is 1.42. The zero-order valence-electron chi connectivity index (χ0n) is 19.7. The van der Waals surface area contributed by atoms with Gasteiger partial charge in [-0.2, -0.15) is 5.10 Å². The number of amides is 3. The van der Waals surface area contributed by atoms with Gasteiger partial charge in [0.25, 0.3) is 11.8 Å². The van der Waals surface area contributed by atoms with Crippen LogP contribution in [0.4, 0.5) is 0 Å². The third-order valence-electron chi connectivity index (χ3n) is 6.30. The molecule has 0 saturated carbocycles. The van der Waals surface area contributed by atoms with Crippen LogP contribution in [-0.4, -0.2) is 51.5 Å². The molecule has 8 heteroatoms. The number of carbonyl (C=O) groups is 3. The van der Waals surface area contributed by atoms with E-state index >= 15 is 0 Å². The van der Waals surface area contributed by atoms with E-state index in [0.717, 1.165) is 11.1 Å². The van der Waals surface area contributed by atoms with Gasteiger partial charge < -0.3 is 15.5 Å². The van der Waals surface area contributed by atoms with Crippen LogP contribution in [0.1, 0.15) is 44.6 Å². The van der Waals surface area contributed by atoms with Crippen LogP contribution >= 0.6 is 0 Å². The van der Waals surface area contributed by atoms with Gasteiger partial charge in [0, 0.05) is 26.2 Å². The molecule has 0 spiro atoms. The van der Waals surface area contributed by atoms with Crippen molar-refractivity contribution in [2.45, 2.75) is 38.9 Å². The topological polar surface area (TPSA) is 96.3 Å². The molecule has 2 N–H and O–H groups in total. The van der Waals surface area contributed by atoms with E-state index in [4.69, 9.17) is 0 Å². The number of hydrogen-bond donors (Lipinski definition) is 2. The molecule has 1 atom stereocenters. The van der Waals surface area contributed by atoms with E-state index in [9.17, 15) is 14.4 Å². The molecule has 0 aliphatic carbocycles. The van der Waals surface area contributed by atoms with E-state index in [1.807, 2.05) is 55.5 Å². The van der Waals surface area contributed by atoms with E-state index in [0.29, 0.717) is 25.2 Å². The van der Waals surface area contributed by atoms with Crippen molar-refractivity contribution in [3.05, 3.63) is 88.7 Å². The zero-order chi connectivity index (χ0) is 24.3. The quantitative estimate of drug-likeness (QED) is 0.567. The molecule has 0 fully saturated rings. The molecule has 176 valence electrons. The Morgan fingerprint density at radius 2 is 1.76 bits per heavy atom. The van der Waals surface area contributed by atoms with Crippen LogP contribution in [-0.2, 0) is 24.3 Å². The summed E-state index contributed by atoms with van der Waals surface area (Å²) in [6.45, 7) is 4.70. The van der Waals surface area contributed by atoms with E-state index in [2.05, 4.69) is 21.8 Å². The summed E-state index contributed by atoms with van der Waals surface area (Å²) >= 11 is 0. The molecular weight excluding hydrogens is 430 g/mol. The van der Waals surface area contributed by atoms with Crippen LogP contribution in [0.2, 0.25) is 0 Å². The molecule has 2 aromatic carbocycles. The van der Waals surface area contributed by atoms with Gasteiger partial charge in [0.05, 0.1) is 6.54 Å². The Morgan fingerprint density at radius 3 is 2.50 bits per heavy atom. The van der Waals surface area contributed by atoms with E-state index in [-0.39, 0.29) is 30.0 Å². The second-order valence-electron chi connectivity index (χ2n) is 8.87. The van der Waals surface area contributed by atoms with Gasteiger partial charge in [-0.1, -0.05) is 60.2 Å². The predicted octanol–water partition coefficient (Wildman–Crippen LogP) is 2.32. The number of nitrogens with one attached hydrogen (secondary N) is 2. The highest BCUT2D eigenvalue weighted by Gasteiger charge is 2.46. The van der Waals surface area contributed by atoms with Gasteiger partial charge >= 0.3 is 0 Å². The first kappa shape index (κ1) is 23.2. The summed E-state index contributed by atoms with van der Waals surface area (Å²) < 4.78 is 1.46. The normalized spacial score (nSPS) is 17.3. The van der Waals surface area contributed by atoms with E-state index < -0.39 is 5.54 Å². The first-order valence-electron chi connectivity index (χ1n) is 11.3. The third-order valence-corrected chi connectivity index (χ3v) is 6.30. The second kappa shape index (κ2) is 9.51. The molecule has 8 nitrogen and oxygen atoms in total. The van der Waals surface area contributed by atoms with Crippen LogP contribution < -0.4 is 10.6 Å². The van der Waals surface area contributed by atoms with Crippen LogP contribution in [0, 0.1) is 6.92 Å². The number of rotatable bonds is 7. The molecule has 1 aromatic heterocycles. The van der Waals surface area contributed by atoms with Crippen molar-refractivity contribution in [1.29, 1.82) is 0 Å². The van der Waals surface area contributed by atoms with E-state index in [1.165, 1.54) is 21.2 Å². The number of carbonyl (C=O) groups excluding carboxylic acids is 3. The highest BCUT2D eigenvalue weighted by molar-refractivity contribution is 6.01. The van der Waals surface area contributed by atoms with Crippen molar-refractivity contribution in [3.63, 3.8) is 0 Å². The number of nitrogens with zero attached hydrogens (tertiary/aromatic N) is 3. The van der Waals surface area contributed by atoms with Crippen molar-refractivity contribution in [2.24, 2.45) is 0 Å². The van der Waals surface area contributed by atoms with Crippen molar-refractivity contribution >= 4 is 17.7 Å². The Bertz CT molecular complexity index is 1220. The standard InChI is InChI=1S/C26H29N5O3/c1-18-8-7-11-19(14-18)12-13-27-23(32)21-15-22-24(33)30(3)26(2,17-31(22)29-21)25(34)28-16-20-9-5-4-6-10-20/h4-11,14-15H,12-13,16-17H2,1-3H3,(H,27,32)(H,28,34)/t26-/m0/s1. The molecule has 4 rings (SSSR count). The van der Waals surface area contributed by atoms with Crippen molar-refractivity contribution in [3.8, 4) is 0 Å². The maximum atomic E-state index is 13.1. The maximum absolute atomic E-state index is 13.1. The van der Waals surface area contributed by atoms with Gasteiger partial charge in [0.15, 0.2) is 5.69 Å². The first-order valence-corrected chi connectivity index (χ1v) is 11.3. The van der Waals surface area contributed by atoms with Crippen molar-refractivity contribution in [1.82, 2.24) is 25.3 Å². The van der Waals surface area contributed by atoms with Gasteiger partial charge in [-0.3, -0.25) is 19.1 Å². The fraction of sp³-hybridized carbons (Fsp3) is 0.308. The summed E-state index contributed by atoms with van der Waals surface area (Å²) in [5.41, 5.74) is 2.59. The number of benzene rings is 2. The first-order chi connectivity index (χ1) is 16.3. The van der Waals surface area contributed by atoms with Crippen LogP contribution in [0.3, 0.4) is 0 Å². The largest absolute Gasteiger partial charge is 0.350 e. The molecule has 1 aliphatic heterocycles. The molecular formula is C26H29N5O3. The fourth-order valence-electron chi connectivity index (χ4n) is 4.09. The fourth-order valence-corrected chi connectivity index (χ4v) is 4.09. The minimum Gasteiger partial charge on any atom is -0.350 e. The molecule has 0 radical (unpaired) electrons. The minimum absolute atomic E-state index is 0.155. The Kier molecular flexibility index (Phi) is 6.49. The van der Waals surface area contributed by atoms with Gasteiger partial charge in [0.1, 0.15) is 11.2 Å². The summed E-state index contributed by atoms with van der Waals surface area (Å²) in [5, 5.41) is 10.1. The second-order valence-corrected chi connectivity index (χ2v) is 8.87. The summed E-state index contributed by atoms with van der Waals surface area (Å²) in [4.78, 5) is 40.2. The highest BCUT2D eigenvalue weighted by Crippen LogP contribution is 2.26. The molecule has 0 bridgehead atoms. The smallest absolute Gasteiger partial charge is 0.272 e. The number of hydrogen-bond acceptors (Lipinski definition) is 4. The van der Waals surface area contributed by atoms with Gasteiger partial charge in [0.2, 0.25) is 5.91 Å². The SMILES string of the molecule is Cc1cccc(CCNC(=O)c2cc3n(n2)C[C@@](C)(C(=O)NCc2ccccc2)N(C)C3=O)c1. The van der Waals surface area contributed by atoms with Crippen LogP contribution in [0.5, 0.6) is 0 Å². The monoisotopic (exact) mass is 459 g/mol. The maximum Gasteiger partial charge on any atom is 0.272 e. The number of aromatic nitrogens is 2. The van der Waals surface area contributed by atoms with Gasteiger partial charge in [-0.25, -0.2) is 0 Å². The number of fused-ring (bicyclic) bond motifs is 1. The van der Waals surface area contributed by atoms with Gasteiger partial charge in [-0.15, -0.1) is 0 Å². The average Bonchev–Trinajstić information content (AvgIpc) is 3.25. The Labute approximate surface area is 199 Å². The zero-order valence-corrected chi connectivity index (χ0v) is 19.7. The average molecular weight is 460 g/mol. The Morgan fingerprint density at radius 1 is 1.03 bits per heavy atom.